The summed E-state index contributed by atoms with van der Waals surface area (Å²) in [6, 6.07) is 0. The normalized spacial score (nSPS) is 18.7. The molecule has 12 nitrogen and oxygen atoms in total. The summed E-state index contributed by atoms with van der Waals surface area (Å²) in [4.78, 5) is 51.2. The van der Waals surface area contributed by atoms with Gasteiger partial charge in [-0.2, -0.15) is 0 Å². The number of ether oxygens (including phenoxy) is 5. The van der Waals surface area contributed by atoms with E-state index in [1.807, 2.05) is 6.08 Å². The topological polar surface area (TPSA) is 175 Å². The van der Waals surface area contributed by atoms with Crippen LogP contribution < -0.4 is 0 Å². The van der Waals surface area contributed by atoms with Crippen molar-refractivity contribution >= 4 is 23.9 Å². The zero-order chi connectivity index (χ0) is 57.5. The average molecular weight is 1100 g/mol. The van der Waals surface area contributed by atoms with Gasteiger partial charge in [0.2, 0.25) is 0 Å². The molecular formula is C67H106O12. The molecule has 0 aromatic heterocycles. The number of carboxylic acid groups (broad SMARTS) is 1. The fraction of sp³-hybridized carbons (Fsp3) is 0.642. The number of hydrogen-bond acceptors (Lipinski definition) is 11. The summed E-state index contributed by atoms with van der Waals surface area (Å²) >= 11 is 0. The van der Waals surface area contributed by atoms with Crippen molar-refractivity contribution in [1.82, 2.24) is 0 Å². The minimum absolute atomic E-state index is 0.0316. The van der Waals surface area contributed by atoms with Gasteiger partial charge in [-0.05, 0) is 122 Å². The lowest BCUT2D eigenvalue weighted by Crippen LogP contribution is -2.61. The molecule has 79 heavy (non-hydrogen) atoms. The van der Waals surface area contributed by atoms with Gasteiger partial charge < -0.3 is 39.0 Å². The lowest BCUT2D eigenvalue weighted by molar-refractivity contribution is -0.301. The van der Waals surface area contributed by atoms with Crippen LogP contribution in [0.4, 0.5) is 0 Å². The Morgan fingerprint density at radius 2 is 0.810 bits per heavy atom. The van der Waals surface area contributed by atoms with Gasteiger partial charge in [-0.25, -0.2) is 4.79 Å². The summed E-state index contributed by atoms with van der Waals surface area (Å²) in [7, 11) is 0. The van der Waals surface area contributed by atoms with Gasteiger partial charge >= 0.3 is 23.9 Å². The van der Waals surface area contributed by atoms with E-state index in [9.17, 15) is 34.5 Å². The van der Waals surface area contributed by atoms with Crippen molar-refractivity contribution in [3.8, 4) is 0 Å². The molecule has 0 aliphatic carbocycles. The van der Waals surface area contributed by atoms with Crippen LogP contribution in [0.2, 0.25) is 0 Å². The highest BCUT2D eigenvalue weighted by Gasteiger charge is 2.50. The minimum Gasteiger partial charge on any atom is -0.479 e. The summed E-state index contributed by atoms with van der Waals surface area (Å²) < 4.78 is 28.4. The molecule has 0 aromatic carbocycles. The molecule has 3 N–H and O–H groups in total. The summed E-state index contributed by atoms with van der Waals surface area (Å²) in [5.74, 6) is -3.24. The van der Waals surface area contributed by atoms with Crippen LogP contribution >= 0.6 is 0 Å². The van der Waals surface area contributed by atoms with Gasteiger partial charge in [0.1, 0.15) is 18.8 Å². The van der Waals surface area contributed by atoms with E-state index in [1.54, 1.807) is 0 Å². The maximum Gasteiger partial charge on any atom is 0.335 e. The number of esters is 3. The van der Waals surface area contributed by atoms with Crippen LogP contribution in [0.25, 0.3) is 0 Å². The molecule has 6 atom stereocenters. The Labute approximate surface area is 478 Å². The summed E-state index contributed by atoms with van der Waals surface area (Å²) in [5, 5.41) is 31.5. The van der Waals surface area contributed by atoms with Gasteiger partial charge in [0.25, 0.3) is 0 Å². The monoisotopic (exact) mass is 1100 g/mol. The van der Waals surface area contributed by atoms with Gasteiger partial charge in [-0.3, -0.25) is 14.4 Å². The first-order valence-corrected chi connectivity index (χ1v) is 30.5. The van der Waals surface area contributed by atoms with E-state index < -0.39 is 67.3 Å². The second kappa shape index (κ2) is 53.7. The molecule has 1 aliphatic heterocycles. The van der Waals surface area contributed by atoms with Gasteiger partial charge in [0, 0.05) is 19.3 Å². The smallest absolute Gasteiger partial charge is 0.335 e. The van der Waals surface area contributed by atoms with Crippen molar-refractivity contribution in [2.24, 2.45) is 0 Å². The average Bonchev–Trinajstić information content (AvgIpc) is 3.47. The molecule has 1 heterocycles. The van der Waals surface area contributed by atoms with E-state index in [-0.39, 0.29) is 25.9 Å². The second-order valence-corrected chi connectivity index (χ2v) is 20.2. The molecule has 0 saturated carbocycles. The van der Waals surface area contributed by atoms with Crippen LogP contribution in [-0.4, -0.2) is 89.2 Å². The SMILES string of the molecule is CC/C=C\C/C=C\C/C=C\C/C=C\C/C=C\CCCC(=O)OCC(COC1OC(C(=O)O)C(O)C(O)C1OC(=O)CCCCCCCC/C=C\C/C=C\C/C=C\C/C=C\CC)OC(=O)CCCCCCC/C=C\CCCCCC. The maximum absolute atomic E-state index is 13.1. The molecule has 1 fully saturated rings. The van der Waals surface area contributed by atoms with Crippen LogP contribution in [0.1, 0.15) is 226 Å². The summed E-state index contributed by atoms with van der Waals surface area (Å²) in [5.41, 5.74) is 0. The maximum atomic E-state index is 13.1. The Morgan fingerprint density at radius 1 is 0.430 bits per heavy atom. The number of carbonyl (C=O) groups is 4. The van der Waals surface area contributed by atoms with E-state index >= 15 is 0 Å². The van der Waals surface area contributed by atoms with Crippen LogP contribution in [0, 0.1) is 0 Å². The molecular weight excluding hydrogens is 997 g/mol. The predicted molar refractivity (Wildman–Crippen MR) is 321 cm³/mol. The molecule has 446 valence electrons. The van der Waals surface area contributed by atoms with E-state index in [2.05, 4.69) is 136 Å². The highest BCUT2D eigenvalue weighted by molar-refractivity contribution is 5.74. The molecule has 1 aliphatic rings. The zero-order valence-electron chi connectivity index (χ0n) is 49.1. The van der Waals surface area contributed by atoms with Crippen LogP contribution in [0.5, 0.6) is 0 Å². The number of carboxylic acids is 1. The Balaban J connectivity index is 2.72. The molecule has 0 bridgehead atoms. The third kappa shape index (κ3) is 43.6. The van der Waals surface area contributed by atoms with E-state index in [0.717, 1.165) is 135 Å². The third-order valence-corrected chi connectivity index (χ3v) is 13.0. The van der Waals surface area contributed by atoms with Gasteiger partial charge in [0.15, 0.2) is 24.6 Å². The fourth-order valence-corrected chi connectivity index (χ4v) is 8.39. The Morgan fingerprint density at radius 3 is 1.27 bits per heavy atom. The third-order valence-electron chi connectivity index (χ3n) is 13.0. The number of aliphatic hydroxyl groups is 2. The molecule has 0 radical (unpaired) electrons. The Kier molecular flexibility index (Phi) is 49.1. The lowest BCUT2D eigenvalue weighted by atomic mass is 9.98. The number of rotatable bonds is 50. The Hall–Kier alpha value is -4.88. The van der Waals surface area contributed by atoms with Gasteiger partial charge in [-0.15, -0.1) is 0 Å². The first-order valence-electron chi connectivity index (χ1n) is 30.5. The van der Waals surface area contributed by atoms with Crippen LogP contribution in [0.15, 0.2) is 122 Å². The van der Waals surface area contributed by atoms with Crippen LogP contribution in [-0.2, 0) is 42.9 Å². The van der Waals surface area contributed by atoms with Crippen molar-refractivity contribution in [3.05, 3.63) is 122 Å². The minimum atomic E-state index is -1.92. The molecule has 12 heteroatoms. The number of hydrogen-bond donors (Lipinski definition) is 3. The fourth-order valence-electron chi connectivity index (χ4n) is 8.39. The van der Waals surface area contributed by atoms with Crippen molar-refractivity contribution < 1.29 is 58.2 Å². The lowest BCUT2D eigenvalue weighted by Gasteiger charge is -2.40. The number of carbonyl (C=O) groups excluding carboxylic acids is 3. The molecule has 6 unspecified atom stereocenters. The van der Waals surface area contributed by atoms with Gasteiger partial charge in [-0.1, -0.05) is 206 Å². The van der Waals surface area contributed by atoms with Crippen molar-refractivity contribution in [3.63, 3.8) is 0 Å². The van der Waals surface area contributed by atoms with Crippen LogP contribution in [0.3, 0.4) is 0 Å². The number of allylic oxidation sites excluding steroid dienone is 20. The standard InChI is InChI=1S/C67H106O12/c1-4-7-10-13-16-19-22-25-27-29-30-32-34-37-40-43-46-49-52-55-61(70)78-65-63(72)62(71)64(66(73)74)79-67(65)76-57-58(77-60(69)54-51-48-45-42-39-35-24-21-18-15-12-9-6-3)56-75-59(68)53-50-47-44-41-38-36-33-31-28-26-23-20-17-14-11-8-5-2/h7-8,10-11,16-17,19-21,24-28,30,32-33,36,41,44,58,62-65,67,71-72H,4-6,9,12-15,18,22-23,29,31,34-35,37-40,42-43,45-57H2,1-3H3,(H,73,74)/b10-7-,11-8-,19-16-,20-17-,24-21-,27-25-,28-26-,32-30-,36-33-,44-41-. The highest BCUT2D eigenvalue weighted by Crippen LogP contribution is 2.26. The quantitative estimate of drug-likeness (QED) is 0.0228. The number of aliphatic hydroxyl groups excluding tert-OH is 2. The van der Waals surface area contributed by atoms with E-state index in [0.29, 0.717) is 25.7 Å². The zero-order valence-corrected chi connectivity index (χ0v) is 49.1. The first-order chi connectivity index (χ1) is 38.6. The first kappa shape index (κ1) is 72.1. The van der Waals surface area contributed by atoms with Crippen molar-refractivity contribution in [1.29, 1.82) is 0 Å². The molecule has 0 aromatic rings. The van der Waals surface area contributed by atoms with Crippen molar-refractivity contribution in [2.75, 3.05) is 13.2 Å². The summed E-state index contributed by atoms with van der Waals surface area (Å²) in [6.45, 7) is 5.68. The second-order valence-electron chi connectivity index (χ2n) is 20.2. The number of unbranched alkanes of at least 4 members (excludes halogenated alkanes) is 16. The Bertz CT molecular complexity index is 1840. The van der Waals surface area contributed by atoms with E-state index in [1.165, 1.54) is 25.7 Å². The predicted octanol–water partition coefficient (Wildman–Crippen LogP) is 16.0. The van der Waals surface area contributed by atoms with Gasteiger partial charge in [0.05, 0.1) is 6.61 Å². The van der Waals surface area contributed by atoms with E-state index in [4.69, 9.17) is 23.7 Å². The molecule has 1 saturated heterocycles. The molecule has 0 spiro atoms. The number of aliphatic carboxylic acids is 1. The molecule has 0 amide bonds. The summed E-state index contributed by atoms with van der Waals surface area (Å²) in [6.07, 6.45) is 61.6. The largest absolute Gasteiger partial charge is 0.479 e. The highest BCUT2D eigenvalue weighted by atomic mass is 16.7. The van der Waals surface area contributed by atoms with Crippen molar-refractivity contribution in [2.45, 2.75) is 263 Å². The molecule has 1 rings (SSSR count).